The smallest absolute Gasteiger partial charge is 0.166 e. The number of hydrogen-bond acceptors (Lipinski definition) is 0. The van der Waals surface area contributed by atoms with Crippen molar-refractivity contribution < 1.29 is 13.2 Å². The quantitative estimate of drug-likeness (QED) is 0.714. The normalized spacial score (nSPS) is 18.9. The summed E-state index contributed by atoms with van der Waals surface area (Å²) in [6.45, 7) is 0. The second-order valence-electron chi connectivity index (χ2n) is 3.99. The number of alkyl halides is 4. The van der Waals surface area contributed by atoms with E-state index in [1.165, 1.54) is 0 Å². The third-order valence-electron chi connectivity index (χ3n) is 2.93. The standard InChI is InChI=1S/C11H10BrF3/c12-7-10(5-6-10)8-1-3-9(4-2-8)11(13,14)15/h1-4H,5-7H2. The molecule has 0 nitrogen and oxygen atoms in total. The fourth-order valence-corrected chi connectivity index (χ4v) is 2.55. The van der Waals surface area contributed by atoms with Gasteiger partial charge >= 0.3 is 6.18 Å². The highest BCUT2D eigenvalue weighted by atomic mass is 79.9. The minimum absolute atomic E-state index is 0.101. The zero-order valence-electron chi connectivity index (χ0n) is 7.94. The fourth-order valence-electron chi connectivity index (χ4n) is 1.66. The Bertz CT molecular complexity index is 349. The van der Waals surface area contributed by atoms with Gasteiger partial charge in [0.2, 0.25) is 0 Å². The van der Waals surface area contributed by atoms with E-state index in [4.69, 9.17) is 0 Å². The van der Waals surface area contributed by atoms with Crippen molar-refractivity contribution in [3.63, 3.8) is 0 Å². The van der Waals surface area contributed by atoms with E-state index in [-0.39, 0.29) is 5.41 Å². The first-order valence-corrected chi connectivity index (χ1v) is 5.84. The van der Waals surface area contributed by atoms with Crippen LogP contribution in [0.5, 0.6) is 0 Å². The number of benzene rings is 1. The molecule has 1 aliphatic rings. The molecule has 82 valence electrons. The van der Waals surface area contributed by atoms with Crippen molar-refractivity contribution in [2.45, 2.75) is 24.4 Å². The Balaban J connectivity index is 2.25. The monoisotopic (exact) mass is 278 g/mol. The third kappa shape index (κ3) is 2.05. The maximum absolute atomic E-state index is 12.3. The highest BCUT2D eigenvalue weighted by Crippen LogP contribution is 2.49. The predicted octanol–water partition coefficient (Wildman–Crippen LogP) is 4.13. The molecule has 1 aromatic carbocycles. The van der Waals surface area contributed by atoms with E-state index >= 15 is 0 Å². The molecule has 15 heavy (non-hydrogen) atoms. The summed E-state index contributed by atoms with van der Waals surface area (Å²) in [5.74, 6) is 0. The molecule has 0 aromatic heterocycles. The SMILES string of the molecule is FC(F)(F)c1ccc(C2(CBr)CC2)cc1. The summed E-state index contributed by atoms with van der Waals surface area (Å²) in [5, 5.41) is 0.825. The van der Waals surface area contributed by atoms with Crippen LogP contribution in [0.15, 0.2) is 24.3 Å². The van der Waals surface area contributed by atoms with Crippen LogP contribution in [0.4, 0.5) is 13.2 Å². The topological polar surface area (TPSA) is 0 Å². The first-order valence-electron chi connectivity index (χ1n) is 4.72. The van der Waals surface area contributed by atoms with Crippen LogP contribution in [0.3, 0.4) is 0 Å². The lowest BCUT2D eigenvalue weighted by atomic mass is 9.97. The highest BCUT2D eigenvalue weighted by molar-refractivity contribution is 9.09. The van der Waals surface area contributed by atoms with Gasteiger partial charge in [-0.05, 0) is 30.5 Å². The molecular formula is C11H10BrF3. The van der Waals surface area contributed by atoms with Gasteiger partial charge in [0.05, 0.1) is 5.56 Å². The van der Waals surface area contributed by atoms with E-state index in [9.17, 15) is 13.2 Å². The maximum atomic E-state index is 12.3. The van der Waals surface area contributed by atoms with Crippen molar-refractivity contribution in [2.24, 2.45) is 0 Å². The molecule has 1 saturated carbocycles. The second-order valence-corrected chi connectivity index (χ2v) is 4.55. The Morgan fingerprint density at radius 3 is 2.00 bits per heavy atom. The van der Waals surface area contributed by atoms with Gasteiger partial charge < -0.3 is 0 Å². The zero-order chi connectivity index (χ0) is 11.1. The Kier molecular flexibility index (Phi) is 2.57. The zero-order valence-corrected chi connectivity index (χ0v) is 9.53. The molecule has 4 heteroatoms. The summed E-state index contributed by atoms with van der Waals surface area (Å²) in [4.78, 5) is 0. The molecule has 1 fully saturated rings. The Morgan fingerprint density at radius 1 is 1.13 bits per heavy atom. The average molecular weight is 279 g/mol. The van der Waals surface area contributed by atoms with E-state index in [2.05, 4.69) is 15.9 Å². The van der Waals surface area contributed by atoms with Crippen molar-refractivity contribution in [1.29, 1.82) is 0 Å². The number of halogens is 4. The van der Waals surface area contributed by atoms with Crippen molar-refractivity contribution >= 4 is 15.9 Å². The molecule has 2 rings (SSSR count). The van der Waals surface area contributed by atoms with Crippen molar-refractivity contribution in [3.8, 4) is 0 Å². The van der Waals surface area contributed by atoms with Gasteiger partial charge in [-0.1, -0.05) is 28.1 Å². The molecule has 0 radical (unpaired) electrons. The summed E-state index contributed by atoms with van der Waals surface area (Å²) < 4.78 is 36.9. The average Bonchev–Trinajstić information content (AvgIpc) is 2.97. The van der Waals surface area contributed by atoms with Crippen molar-refractivity contribution in [2.75, 3.05) is 5.33 Å². The second kappa shape index (κ2) is 3.51. The van der Waals surface area contributed by atoms with Crippen LogP contribution in [-0.4, -0.2) is 5.33 Å². The molecule has 0 aliphatic heterocycles. The van der Waals surface area contributed by atoms with E-state index in [0.717, 1.165) is 35.9 Å². The van der Waals surface area contributed by atoms with Crippen LogP contribution in [0.1, 0.15) is 24.0 Å². The molecule has 0 N–H and O–H groups in total. The molecule has 1 aliphatic carbocycles. The minimum atomic E-state index is -4.23. The van der Waals surface area contributed by atoms with Crippen molar-refractivity contribution in [3.05, 3.63) is 35.4 Å². The summed E-state index contributed by atoms with van der Waals surface area (Å²) >= 11 is 3.41. The van der Waals surface area contributed by atoms with Gasteiger partial charge in [0, 0.05) is 10.7 Å². The van der Waals surface area contributed by atoms with Crippen molar-refractivity contribution in [1.82, 2.24) is 0 Å². The van der Waals surface area contributed by atoms with E-state index in [0.29, 0.717) is 0 Å². The Hall–Kier alpha value is -0.510. The van der Waals surface area contributed by atoms with E-state index in [1.807, 2.05) is 0 Å². The number of rotatable bonds is 2. The summed E-state index contributed by atoms with van der Waals surface area (Å²) in [5.41, 5.74) is 0.536. The largest absolute Gasteiger partial charge is 0.416 e. The Morgan fingerprint density at radius 2 is 1.67 bits per heavy atom. The van der Waals surface area contributed by atoms with Gasteiger partial charge in [0.25, 0.3) is 0 Å². The molecule has 0 unspecified atom stereocenters. The van der Waals surface area contributed by atoms with Gasteiger partial charge in [-0.15, -0.1) is 0 Å². The van der Waals surface area contributed by atoms with E-state index < -0.39 is 11.7 Å². The lowest BCUT2D eigenvalue weighted by molar-refractivity contribution is -0.137. The molecule has 0 bridgehead atoms. The molecule has 0 heterocycles. The van der Waals surface area contributed by atoms with Crippen LogP contribution in [0.2, 0.25) is 0 Å². The molecule has 0 spiro atoms. The lowest BCUT2D eigenvalue weighted by Crippen LogP contribution is -2.09. The van der Waals surface area contributed by atoms with Crippen LogP contribution in [0, 0.1) is 0 Å². The Labute approximate surface area is 94.6 Å². The van der Waals surface area contributed by atoms with Crippen LogP contribution in [0.25, 0.3) is 0 Å². The van der Waals surface area contributed by atoms with Gasteiger partial charge in [0.1, 0.15) is 0 Å². The lowest BCUT2D eigenvalue weighted by Gasteiger charge is -2.13. The fraction of sp³-hybridized carbons (Fsp3) is 0.455. The maximum Gasteiger partial charge on any atom is 0.416 e. The molecule has 0 atom stereocenters. The minimum Gasteiger partial charge on any atom is -0.166 e. The van der Waals surface area contributed by atoms with Crippen LogP contribution >= 0.6 is 15.9 Å². The van der Waals surface area contributed by atoms with Gasteiger partial charge in [-0.3, -0.25) is 0 Å². The van der Waals surface area contributed by atoms with Crippen LogP contribution in [-0.2, 0) is 11.6 Å². The summed E-state index contributed by atoms with van der Waals surface area (Å²) in [6, 6.07) is 5.52. The molecular weight excluding hydrogens is 269 g/mol. The molecule has 0 saturated heterocycles. The summed E-state index contributed by atoms with van der Waals surface area (Å²) in [6.07, 6.45) is -2.11. The van der Waals surface area contributed by atoms with E-state index in [1.54, 1.807) is 12.1 Å². The highest BCUT2D eigenvalue weighted by Gasteiger charge is 2.43. The first-order chi connectivity index (χ1) is 6.98. The molecule has 0 amide bonds. The number of hydrogen-bond donors (Lipinski definition) is 0. The van der Waals surface area contributed by atoms with Gasteiger partial charge in [0.15, 0.2) is 0 Å². The van der Waals surface area contributed by atoms with Crippen LogP contribution < -0.4 is 0 Å². The summed E-state index contributed by atoms with van der Waals surface area (Å²) in [7, 11) is 0. The predicted molar refractivity (Wildman–Crippen MR) is 56.2 cm³/mol. The third-order valence-corrected chi connectivity index (χ3v) is 4.01. The van der Waals surface area contributed by atoms with Gasteiger partial charge in [-0.2, -0.15) is 13.2 Å². The van der Waals surface area contributed by atoms with Gasteiger partial charge in [-0.25, -0.2) is 0 Å². The first kappa shape index (κ1) is 11.0. The molecule has 1 aromatic rings.